The maximum Gasteiger partial charge on any atom is 0.0895 e. The van der Waals surface area contributed by atoms with E-state index in [4.69, 9.17) is 0 Å². The summed E-state index contributed by atoms with van der Waals surface area (Å²) in [5.41, 5.74) is 2.06. The van der Waals surface area contributed by atoms with Gasteiger partial charge in [0.1, 0.15) is 0 Å². The largest absolute Gasteiger partial charge is 0.381 e. The predicted molar refractivity (Wildman–Crippen MR) is 101 cm³/mol. The summed E-state index contributed by atoms with van der Waals surface area (Å²) in [5.74, 6) is 0.416. The fourth-order valence-electron chi connectivity index (χ4n) is 2.57. The quantitative estimate of drug-likeness (QED) is 0.567. The van der Waals surface area contributed by atoms with Crippen LogP contribution in [0.3, 0.4) is 0 Å². The van der Waals surface area contributed by atoms with Gasteiger partial charge >= 0.3 is 0 Å². The number of rotatable bonds is 9. The van der Waals surface area contributed by atoms with E-state index in [1.54, 1.807) is 0 Å². The molecule has 0 aliphatic rings. The van der Waals surface area contributed by atoms with Crippen LogP contribution in [0.1, 0.15) is 68.2 Å². The maximum atomic E-state index is 12.7. The zero-order valence-corrected chi connectivity index (χ0v) is 16.6. The number of alkyl halides is 1. The average molecular weight is 327 g/mol. The Kier molecular flexibility index (Phi) is 8.54. The van der Waals surface area contributed by atoms with Crippen molar-refractivity contribution in [2.45, 2.75) is 85.9 Å². The van der Waals surface area contributed by atoms with Crippen LogP contribution < -0.4 is 10.6 Å². The lowest BCUT2D eigenvalue weighted by atomic mass is 9.81. The van der Waals surface area contributed by atoms with Gasteiger partial charge in [0.05, 0.1) is 6.67 Å². The second kappa shape index (κ2) is 8.86. The predicted octanol–water partition coefficient (Wildman–Crippen LogP) is 5.22. The second-order valence-corrected chi connectivity index (χ2v) is 8.94. The molecule has 2 unspecified atom stereocenters. The Morgan fingerprint density at radius 2 is 1.57 bits per heavy atom. The summed E-state index contributed by atoms with van der Waals surface area (Å²) in [4.78, 5) is 0. The molecule has 0 aromatic carbocycles. The third-order valence-electron chi connectivity index (χ3n) is 4.00. The van der Waals surface area contributed by atoms with Gasteiger partial charge < -0.3 is 10.6 Å². The van der Waals surface area contributed by atoms with Crippen LogP contribution in [-0.2, 0) is 0 Å². The van der Waals surface area contributed by atoms with Gasteiger partial charge in [-0.25, -0.2) is 0 Å². The lowest BCUT2D eigenvalue weighted by Gasteiger charge is -2.37. The Balaban J connectivity index is 5.14. The van der Waals surface area contributed by atoms with Crippen LogP contribution >= 0.6 is 0 Å². The average Bonchev–Trinajstić information content (AvgIpc) is 2.37. The Bertz CT molecular complexity index is 385. The third-order valence-corrected chi connectivity index (χ3v) is 4.00. The molecule has 3 heteroatoms. The molecule has 0 radical (unpaired) electrons. The van der Waals surface area contributed by atoms with Gasteiger partial charge in [-0.3, -0.25) is 4.39 Å². The molecule has 2 nitrogen and oxygen atoms in total. The van der Waals surface area contributed by atoms with Crippen LogP contribution in [0, 0.1) is 11.3 Å². The van der Waals surface area contributed by atoms with E-state index in [9.17, 15) is 4.39 Å². The molecule has 2 N–H and O–H groups in total. The molecule has 23 heavy (non-hydrogen) atoms. The molecule has 2 atom stereocenters. The van der Waals surface area contributed by atoms with Gasteiger partial charge in [0, 0.05) is 23.3 Å². The van der Waals surface area contributed by atoms with E-state index in [1.807, 2.05) is 0 Å². The molecule has 0 amide bonds. The highest BCUT2D eigenvalue weighted by molar-refractivity contribution is 5.18. The van der Waals surface area contributed by atoms with Crippen molar-refractivity contribution in [3.05, 3.63) is 24.4 Å². The van der Waals surface area contributed by atoms with Gasteiger partial charge in [0.15, 0.2) is 0 Å². The number of halogens is 1. The molecular weight excluding hydrogens is 287 g/mol. The first-order valence-corrected chi connectivity index (χ1v) is 8.78. The smallest absolute Gasteiger partial charge is 0.0895 e. The van der Waals surface area contributed by atoms with Crippen LogP contribution in [0.25, 0.3) is 0 Å². The van der Waals surface area contributed by atoms with E-state index in [1.165, 1.54) is 0 Å². The lowest BCUT2D eigenvalue weighted by Crippen LogP contribution is -2.51. The van der Waals surface area contributed by atoms with E-state index in [-0.39, 0.29) is 29.7 Å². The highest BCUT2D eigenvalue weighted by atomic mass is 19.1. The lowest BCUT2D eigenvalue weighted by molar-refractivity contribution is 0.313. The molecule has 0 aliphatic heterocycles. The SMILES string of the molecule is C=C(NC(CCCF)C(=C)C(C)(C)C)C(NC(C)(C)C)C(C)C. The zero-order chi connectivity index (χ0) is 18.4. The summed E-state index contributed by atoms with van der Waals surface area (Å²) >= 11 is 0. The van der Waals surface area contributed by atoms with Gasteiger partial charge in [0.2, 0.25) is 0 Å². The van der Waals surface area contributed by atoms with Crippen molar-refractivity contribution in [1.82, 2.24) is 10.6 Å². The molecule has 0 rings (SSSR count). The van der Waals surface area contributed by atoms with Crippen molar-refractivity contribution in [2.75, 3.05) is 6.67 Å². The molecule has 0 aromatic heterocycles. The summed E-state index contributed by atoms with van der Waals surface area (Å²) < 4.78 is 12.7. The van der Waals surface area contributed by atoms with Gasteiger partial charge in [-0.15, -0.1) is 0 Å². The number of hydrogen-bond donors (Lipinski definition) is 2. The first-order valence-electron chi connectivity index (χ1n) is 8.78. The van der Waals surface area contributed by atoms with E-state index >= 15 is 0 Å². The van der Waals surface area contributed by atoms with Crippen molar-refractivity contribution in [1.29, 1.82) is 0 Å². The van der Waals surface area contributed by atoms with Crippen molar-refractivity contribution in [3.8, 4) is 0 Å². The summed E-state index contributed by atoms with van der Waals surface area (Å²) in [6.07, 6.45) is 1.28. The van der Waals surface area contributed by atoms with E-state index in [0.717, 1.165) is 17.7 Å². The van der Waals surface area contributed by atoms with E-state index < -0.39 is 0 Å². The third kappa shape index (κ3) is 8.55. The summed E-state index contributed by atoms with van der Waals surface area (Å²) in [6, 6.07) is 0.219. The molecule has 136 valence electrons. The van der Waals surface area contributed by atoms with Gasteiger partial charge in [-0.05, 0) is 50.5 Å². The van der Waals surface area contributed by atoms with E-state index in [0.29, 0.717) is 12.3 Å². The minimum Gasteiger partial charge on any atom is -0.381 e. The molecule has 0 bridgehead atoms. The Hall–Kier alpha value is -0.830. The summed E-state index contributed by atoms with van der Waals surface area (Å²) in [7, 11) is 0. The highest BCUT2D eigenvalue weighted by Crippen LogP contribution is 2.29. The molecular formula is C20H39FN2. The molecule has 0 saturated carbocycles. The Morgan fingerprint density at radius 1 is 1.04 bits per heavy atom. The topological polar surface area (TPSA) is 24.1 Å². The van der Waals surface area contributed by atoms with Crippen molar-refractivity contribution in [3.63, 3.8) is 0 Å². The zero-order valence-electron chi connectivity index (χ0n) is 16.6. The first-order chi connectivity index (χ1) is 10.3. The van der Waals surface area contributed by atoms with Gasteiger partial charge in [-0.2, -0.15) is 0 Å². The number of hydrogen-bond acceptors (Lipinski definition) is 2. The summed E-state index contributed by atoms with van der Waals surface area (Å²) in [5, 5.41) is 7.17. The molecule has 0 saturated heterocycles. The van der Waals surface area contributed by atoms with Crippen LogP contribution in [-0.4, -0.2) is 24.3 Å². The highest BCUT2D eigenvalue weighted by Gasteiger charge is 2.27. The summed E-state index contributed by atoms with van der Waals surface area (Å²) in [6.45, 7) is 25.5. The van der Waals surface area contributed by atoms with Gasteiger partial charge in [-0.1, -0.05) is 47.8 Å². The minimum atomic E-state index is -0.296. The van der Waals surface area contributed by atoms with Crippen molar-refractivity contribution >= 4 is 0 Å². The standard InChI is InChI=1S/C20H39FN2/c1-14(2)18(23-20(8,9)10)16(4)22-17(12-11-13-21)15(3)19(5,6)7/h14,17-18,22-23H,3-4,11-13H2,1-2,5-10H3. The molecule has 0 aromatic rings. The fraction of sp³-hybridized carbons (Fsp3) is 0.800. The van der Waals surface area contributed by atoms with Crippen LogP contribution in [0.15, 0.2) is 24.4 Å². The van der Waals surface area contributed by atoms with Crippen LogP contribution in [0.2, 0.25) is 0 Å². The minimum absolute atomic E-state index is 0.00896. The van der Waals surface area contributed by atoms with Crippen LogP contribution in [0.4, 0.5) is 4.39 Å². The second-order valence-electron chi connectivity index (χ2n) is 8.94. The van der Waals surface area contributed by atoms with Crippen molar-refractivity contribution in [2.24, 2.45) is 11.3 Å². The fourth-order valence-corrected chi connectivity index (χ4v) is 2.57. The maximum absolute atomic E-state index is 12.7. The Morgan fingerprint density at radius 3 is 1.91 bits per heavy atom. The molecule has 0 spiro atoms. The molecule has 0 heterocycles. The van der Waals surface area contributed by atoms with Crippen LogP contribution in [0.5, 0.6) is 0 Å². The van der Waals surface area contributed by atoms with Gasteiger partial charge in [0.25, 0.3) is 0 Å². The molecule has 0 aliphatic carbocycles. The number of nitrogens with one attached hydrogen (secondary N) is 2. The first kappa shape index (κ1) is 22.2. The normalized spacial score (nSPS) is 15.4. The Labute approximate surface area is 144 Å². The van der Waals surface area contributed by atoms with Crippen molar-refractivity contribution < 1.29 is 4.39 Å². The van der Waals surface area contributed by atoms with E-state index in [2.05, 4.69) is 79.2 Å². The monoisotopic (exact) mass is 326 g/mol. The molecule has 0 fully saturated rings.